The molecule has 40 heavy (non-hydrogen) atoms. The van der Waals surface area contributed by atoms with Gasteiger partial charge in [-0.1, -0.05) is 30.9 Å². The number of fused-ring (bicyclic) bond motifs is 1. The minimum absolute atomic E-state index is 0.0460. The van der Waals surface area contributed by atoms with E-state index in [1.165, 1.54) is 12.3 Å². The van der Waals surface area contributed by atoms with E-state index < -0.39 is 0 Å². The van der Waals surface area contributed by atoms with Gasteiger partial charge >= 0.3 is 0 Å². The second-order valence-corrected chi connectivity index (χ2v) is 9.22. The largest absolute Gasteiger partial charge is 0.486 e. The average Bonchev–Trinajstić information content (AvgIpc) is 3.47. The lowest BCUT2D eigenvalue weighted by atomic mass is 10.1. The van der Waals surface area contributed by atoms with Crippen LogP contribution >= 0.6 is 0 Å². The average molecular weight is 544 g/mol. The first-order valence-electron chi connectivity index (χ1n) is 13.1. The number of anilines is 3. The summed E-state index contributed by atoms with van der Waals surface area (Å²) in [6.07, 6.45) is 6.89. The maximum Gasteiger partial charge on any atom is 0.248 e. The second-order valence-electron chi connectivity index (χ2n) is 9.22. The summed E-state index contributed by atoms with van der Waals surface area (Å²) in [5.74, 6) is 0.0705. The predicted octanol–water partition coefficient (Wildman–Crippen LogP) is 3.44. The zero-order valence-corrected chi connectivity index (χ0v) is 22.2. The second kappa shape index (κ2) is 14.2. The highest BCUT2D eigenvalue weighted by atomic mass is 16.5. The molecule has 1 aliphatic heterocycles. The minimum atomic E-state index is -0.377. The molecule has 1 aliphatic rings. The van der Waals surface area contributed by atoms with Crippen LogP contribution in [0, 0.1) is 11.3 Å². The summed E-state index contributed by atoms with van der Waals surface area (Å²) in [5, 5.41) is 35.1. The van der Waals surface area contributed by atoms with Crippen molar-refractivity contribution in [2.75, 3.05) is 56.7 Å². The Morgan fingerprint density at radius 2 is 2.10 bits per heavy atom. The molecule has 3 aromatic rings. The molecule has 4 rings (SSSR count). The molecule has 1 aromatic heterocycles. The summed E-state index contributed by atoms with van der Waals surface area (Å²) in [4.78, 5) is 19.2. The van der Waals surface area contributed by atoms with Crippen molar-refractivity contribution >= 4 is 39.9 Å². The lowest BCUT2D eigenvalue weighted by Gasteiger charge is -2.19. The number of aliphatic hydroxyl groups is 2. The van der Waals surface area contributed by atoms with Gasteiger partial charge in [0.05, 0.1) is 48.9 Å². The zero-order chi connectivity index (χ0) is 28.3. The van der Waals surface area contributed by atoms with E-state index in [4.69, 9.17) is 9.47 Å². The number of aliphatic hydroxyl groups excluding tert-OH is 2. The Hall–Kier alpha value is -4.27. The fourth-order valence-electron chi connectivity index (χ4n) is 4.37. The Labute approximate surface area is 233 Å². The Kier molecular flexibility index (Phi) is 10.2. The molecule has 1 amide bonds. The third-order valence-electron chi connectivity index (χ3n) is 6.39. The first-order chi connectivity index (χ1) is 19.5. The molecule has 1 saturated heterocycles. The highest BCUT2D eigenvalue weighted by Crippen LogP contribution is 2.37. The number of hydrogen-bond acceptors (Lipinski definition) is 9. The molecule has 4 N–H and O–H groups in total. The highest BCUT2D eigenvalue weighted by molar-refractivity contribution is 6.04. The van der Waals surface area contributed by atoms with Crippen molar-refractivity contribution in [3.63, 3.8) is 0 Å². The molecular formula is C30H33N5O5. The van der Waals surface area contributed by atoms with E-state index in [1.54, 1.807) is 24.3 Å². The lowest BCUT2D eigenvalue weighted by Crippen LogP contribution is -2.30. The zero-order valence-electron chi connectivity index (χ0n) is 22.2. The molecule has 208 valence electrons. The van der Waals surface area contributed by atoms with Gasteiger partial charge in [-0.15, -0.1) is 0 Å². The van der Waals surface area contributed by atoms with Gasteiger partial charge in [0.2, 0.25) is 5.91 Å². The molecule has 0 radical (unpaired) electrons. The molecule has 1 fully saturated rings. The van der Waals surface area contributed by atoms with Crippen molar-refractivity contribution in [2.45, 2.75) is 12.5 Å². The number of rotatable bonds is 13. The first-order valence-corrected chi connectivity index (χ1v) is 13.1. The number of amides is 1. The van der Waals surface area contributed by atoms with E-state index in [-0.39, 0.29) is 25.2 Å². The molecule has 0 bridgehead atoms. The van der Waals surface area contributed by atoms with Gasteiger partial charge in [0.25, 0.3) is 0 Å². The number of nitriles is 1. The number of carbonyl (C=O) groups is 1. The van der Waals surface area contributed by atoms with E-state index >= 15 is 0 Å². The van der Waals surface area contributed by atoms with Crippen molar-refractivity contribution in [1.29, 1.82) is 5.26 Å². The fraction of sp³-hybridized carbons (Fsp3) is 0.300. The highest BCUT2D eigenvalue weighted by Gasteiger charge is 2.21. The molecule has 10 heteroatoms. The quantitative estimate of drug-likeness (QED) is 0.239. The van der Waals surface area contributed by atoms with Crippen LogP contribution in [0.25, 0.3) is 17.0 Å². The van der Waals surface area contributed by atoms with Gasteiger partial charge < -0.3 is 30.3 Å². The molecule has 2 aromatic carbocycles. The van der Waals surface area contributed by atoms with Gasteiger partial charge in [0.15, 0.2) is 0 Å². The van der Waals surface area contributed by atoms with Gasteiger partial charge in [-0.3, -0.25) is 14.7 Å². The normalized spacial score (nSPS) is 14.9. The summed E-state index contributed by atoms with van der Waals surface area (Å²) >= 11 is 0. The van der Waals surface area contributed by atoms with E-state index in [0.29, 0.717) is 66.4 Å². The number of pyridine rings is 1. The Balaban J connectivity index is 1.68. The molecule has 0 aliphatic carbocycles. The molecule has 2 heterocycles. The van der Waals surface area contributed by atoms with Gasteiger partial charge in [-0.05, 0) is 23.8 Å². The molecule has 0 spiro atoms. The molecule has 0 unspecified atom stereocenters. The Morgan fingerprint density at radius 1 is 1.27 bits per heavy atom. The van der Waals surface area contributed by atoms with E-state index in [2.05, 4.69) is 28.3 Å². The molecule has 0 saturated carbocycles. The number of ether oxygens (including phenoxy) is 2. The SMILES string of the molecule is C=Cc1cccc(Nc2c(C#N)cnc3cc(O[C@H]4CCOC4)c(NC(=O)/C=C/CN(CCO)CCO)cc23)c1. The van der Waals surface area contributed by atoms with E-state index in [0.717, 1.165) is 17.7 Å². The van der Waals surface area contributed by atoms with Crippen LogP contribution in [0.2, 0.25) is 0 Å². The third kappa shape index (κ3) is 7.43. The number of hydrogen-bond donors (Lipinski definition) is 4. The van der Waals surface area contributed by atoms with Crippen molar-refractivity contribution in [1.82, 2.24) is 9.88 Å². The fourth-order valence-corrected chi connectivity index (χ4v) is 4.37. The van der Waals surface area contributed by atoms with E-state index in [9.17, 15) is 20.3 Å². The van der Waals surface area contributed by atoms with Crippen molar-refractivity contribution in [3.8, 4) is 11.8 Å². The smallest absolute Gasteiger partial charge is 0.248 e. The van der Waals surface area contributed by atoms with Crippen LogP contribution in [0.5, 0.6) is 5.75 Å². The van der Waals surface area contributed by atoms with Crippen LogP contribution in [-0.2, 0) is 9.53 Å². The van der Waals surface area contributed by atoms with Crippen LogP contribution in [0.3, 0.4) is 0 Å². The summed E-state index contributed by atoms with van der Waals surface area (Å²) in [7, 11) is 0. The van der Waals surface area contributed by atoms with Gasteiger partial charge in [0, 0.05) is 55.5 Å². The van der Waals surface area contributed by atoms with Crippen LogP contribution < -0.4 is 15.4 Å². The number of benzene rings is 2. The Morgan fingerprint density at radius 3 is 2.80 bits per heavy atom. The number of carbonyl (C=O) groups excluding carboxylic acids is 1. The monoisotopic (exact) mass is 543 g/mol. The van der Waals surface area contributed by atoms with Crippen molar-refractivity contribution in [3.05, 3.63) is 72.5 Å². The number of nitrogens with zero attached hydrogens (tertiary/aromatic N) is 3. The maximum atomic E-state index is 12.9. The van der Waals surface area contributed by atoms with Gasteiger partial charge in [-0.2, -0.15) is 5.26 Å². The topological polar surface area (TPSA) is 140 Å². The van der Waals surface area contributed by atoms with Crippen molar-refractivity contribution in [2.24, 2.45) is 0 Å². The van der Waals surface area contributed by atoms with Crippen LogP contribution in [0.1, 0.15) is 17.5 Å². The lowest BCUT2D eigenvalue weighted by molar-refractivity contribution is -0.111. The minimum Gasteiger partial charge on any atom is -0.486 e. The third-order valence-corrected chi connectivity index (χ3v) is 6.39. The Bertz CT molecular complexity index is 1410. The summed E-state index contributed by atoms with van der Waals surface area (Å²) in [5.41, 5.74) is 3.61. The van der Waals surface area contributed by atoms with Crippen LogP contribution in [0.15, 0.2) is 61.3 Å². The molecule has 1 atom stereocenters. The first kappa shape index (κ1) is 28.7. The molecule has 10 nitrogen and oxygen atoms in total. The number of aromatic nitrogens is 1. The van der Waals surface area contributed by atoms with Gasteiger partial charge in [-0.25, -0.2) is 0 Å². The summed E-state index contributed by atoms with van der Waals surface area (Å²) in [6.45, 7) is 5.94. The predicted molar refractivity (Wildman–Crippen MR) is 155 cm³/mol. The standard InChI is InChI=1S/C30H33N5O5/c1-2-21-5-3-6-23(15-21)33-30-22(18-31)19-32-26-17-28(40-24-8-14-39-20-24)27(16-25(26)30)34-29(38)7-4-9-35(10-12-36)11-13-37/h2-7,15-17,19,24,36-37H,1,8-14,20H2,(H,32,33)(H,34,38)/b7-4+/t24-/m0/s1. The van der Waals surface area contributed by atoms with Crippen molar-refractivity contribution < 1.29 is 24.5 Å². The van der Waals surface area contributed by atoms with Crippen LogP contribution in [-0.4, -0.2) is 78.2 Å². The maximum absolute atomic E-state index is 12.9. The van der Waals surface area contributed by atoms with Gasteiger partial charge in [0.1, 0.15) is 17.9 Å². The molecular weight excluding hydrogens is 510 g/mol. The van der Waals surface area contributed by atoms with Crippen LogP contribution in [0.4, 0.5) is 17.1 Å². The van der Waals surface area contributed by atoms with E-state index in [1.807, 2.05) is 29.2 Å². The number of nitrogens with one attached hydrogen (secondary N) is 2. The summed E-state index contributed by atoms with van der Waals surface area (Å²) < 4.78 is 11.7. The summed E-state index contributed by atoms with van der Waals surface area (Å²) in [6, 6.07) is 13.3.